The molecule has 0 spiro atoms. The highest BCUT2D eigenvalue weighted by Gasteiger charge is 2.04. The zero-order valence-corrected chi connectivity index (χ0v) is 6.52. The molecule has 0 saturated carbocycles. The molecule has 2 aromatic heterocycles. The topological polar surface area (TPSA) is 54.0 Å². The highest BCUT2D eigenvalue weighted by atomic mass is 15.2. The molecule has 0 saturated heterocycles. The van der Waals surface area contributed by atoms with Crippen molar-refractivity contribution in [3.8, 4) is 6.07 Å². The minimum absolute atomic E-state index is 0.424. The van der Waals surface area contributed by atoms with Gasteiger partial charge in [-0.1, -0.05) is 0 Å². The summed E-state index contributed by atoms with van der Waals surface area (Å²) in [6, 6.07) is 2.02. The maximum atomic E-state index is 8.72. The Morgan fingerprint density at radius 1 is 1.58 bits per heavy atom. The normalized spacial score (nSPS) is 10.0. The number of nitrogens with zero attached hydrogens (tertiary/aromatic N) is 4. The third-order valence-corrected chi connectivity index (χ3v) is 1.72. The SMILES string of the molecule is Cc1cnn2ccnc(C#N)c12. The number of aromatic nitrogens is 3. The number of rotatable bonds is 0. The van der Waals surface area contributed by atoms with Crippen molar-refractivity contribution in [1.29, 1.82) is 5.26 Å². The number of fused-ring (bicyclic) bond motifs is 1. The molecular formula is C8H6N4. The van der Waals surface area contributed by atoms with E-state index in [-0.39, 0.29) is 0 Å². The maximum absolute atomic E-state index is 8.72. The van der Waals surface area contributed by atoms with Crippen LogP contribution in [0.25, 0.3) is 5.52 Å². The number of aryl methyl sites for hydroxylation is 1. The lowest BCUT2D eigenvalue weighted by Crippen LogP contribution is -1.92. The van der Waals surface area contributed by atoms with Crippen LogP contribution in [0.15, 0.2) is 18.6 Å². The van der Waals surface area contributed by atoms with Crippen molar-refractivity contribution in [2.75, 3.05) is 0 Å². The van der Waals surface area contributed by atoms with E-state index < -0.39 is 0 Å². The summed E-state index contributed by atoms with van der Waals surface area (Å²) in [7, 11) is 0. The molecule has 0 fully saturated rings. The lowest BCUT2D eigenvalue weighted by molar-refractivity contribution is 0.941. The van der Waals surface area contributed by atoms with Crippen molar-refractivity contribution in [1.82, 2.24) is 14.6 Å². The van der Waals surface area contributed by atoms with Crippen LogP contribution in [-0.2, 0) is 0 Å². The minimum Gasteiger partial charge on any atom is -0.242 e. The van der Waals surface area contributed by atoms with Gasteiger partial charge in [-0.15, -0.1) is 0 Å². The predicted molar refractivity (Wildman–Crippen MR) is 42.4 cm³/mol. The van der Waals surface area contributed by atoms with Gasteiger partial charge in [-0.2, -0.15) is 10.4 Å². The van der Waals surface area contributed by atoms with Gasteiger partial charge in [0, 0.05) is 12.4 Å². The first-order valence-electron chi connectivity index (χ1n) is 3.52. The van der Waals surface area contributed by atoms with Crippen LogP contribution < -0.4 is 0 Å². The molecule has 0 amide bonds. The number of nitriles is 1. The van der Waals surface area contributed by atoms with Crippen molar-refractivity contribution < 1.29 is 0 Å². The van der Waals surface area contributed by atoms with Crippen LogP contribution in [0.3, 0.4) is 0 Å². The van der Waals surface area contributed by atoms with E-state index >= 15 is 0 Å². The molecule has 0 bridgehead atoms. The molecule has 2 rings (SSSR count). The van der Waals surface area contributed by atoms with E-state index in [4.69, 9.17) is 5.26 Å². The molecule has 0 N–H and O–H groups in total. The largest absolute Gasteiger partial charge is 0.242 e. The third kappa shape index (κ3) is 0.768. The molecule has 0 aliphatic heterocycles. The summed E-state index contributed by atoms with van der Waals surface area (Å²) in [5, 5.41) is 12.8. The van der Waals surface area contributed by atoms with Crippen molar-refractivity contribution in [3.05, 3.63) is 29.8 Å². The van der Waals surface area contributed by atoms with E-state index in [2.05, 4.69) is 10.1 Å². The quantitative estimate of drug-likeness (QED) is 0.572. The van der Waals surface area contributed by atoms with Crippen molar-refractivity contribution in [2.24, 2.45) is 0 Å². The van der Waals surface area contributed by atoms with E-state index in [0.717, 1.165) is 11.1 Å². The summed E-state index contributed by atoms with van der Waals surface area (Å²) in [6.07, 6.45) is 5.01. The molecule has 4 heteroatoms. The van der Waals surface area contributed by atoms with Gasteiger partial charge >= 0.3 is 0 Å². The van der Waals surface area contributed by atoms with E-state index in [0.29, 0.717) is 5.69 Å². The molecule has 0 aliphatic carbocycles. The minimum atomic E-state index is 0.424. The van der Waals surface area contributed by atoms with Gasteiger partial charge in [0.1, 0.15) is 11.6 Å². The first-order chi connectivity index (χ1) is 5.83. The zero-order chi connectivity index (χ0) is 8.55. The number of hydrogen-bond acceptors (Lipinski definition) is 3. The smallest absolute Gasteiger partial charge is 0.166 e. The lowest BCUT2D eigenvalue weighted by Gasteiger charge is -1.93. The third-order valence-electron chi connectivity index (χ3n) is 1.72. The van der Waals surface area contributed by atoms with Gasteiger partial charge in [-0.05, 0) is 12.5 Å². The average molecular weight is 158 g/mol. The van der Waals surface area contributed by atoms with Crippen molar-refractivity contribution in [2.45, 2.75) is 6.92 Å². The summed E-state index contributed by atoms with van der Waals surface area (Å²) in [5.41, 5.74) is 2.19. The Kier molecular flexibility index (Phi) is 1.31. The highest BCUT2D eigenvalue weighted by molar-refractivity contribution is 5.61. The fourth-order valence-electron chi connectivity index (χ4n) is 1.17. The summed E-state index contributed by atoms with van der Waals surface area (Å²) < 4.78 is 1.65. The van der Waals surface area contributed by atoms with Gasteiger partial charge in [0.15, 0.2) is 5.69 Å². The second kappa shape index (κ2) is 2.31. The molecular weight excluding hydrogens is 152 g/mol. The lowest BCUT2D eigenvalue weighted by atomic mass is 10.3. The Hall–Kier alpha value is -1.89. The van der Waals surface area contributed by atoms with E-state index in [9.17, 15) is 0 Å². The predicted octanol–water partition coefficient (Wildman–Crippen LogP) is 0.909. The summed E-state index contributed by atoms with van der Waals surface area (Å²) >= 11 is 0. The second-order valence-electron chi connectivity index (χ2n) is 2.51. The fourth-order valence-corrected chi connectivity index (χ4v) is 1.17. The standard InChI is InChI=1S/C8H6N4/c1-6-5-11-12-3-2-10-7(4-9)8(6)12/h2-3,5H,1H3. The Labute approximate surface area is 69.1 Å². The fraction of sp³-hybridized carbons (Fsp3) is 0.125. The first kappa shape index (κ1) is 6.80. The molecule has 12 heavy (non-hydrogen) atoms. The molecule has 0 aromatic carbocycles. The van der Waals surface area contributed by atoms with Crippen LogP contribution in [0.5, 0.6) is 0 Å². The molecule has 58 valence electrons. The molecule has 0 unspecified atom stereocenters. The van der Waals surface area contributed by atoms with Crippen LogP contribution in [0.4, 0.5) is 0 Å². The van der Waals surface area contributed by atoms with E-state index in [1.807, 2.05) is 13.0 Å². The van der Waals surface area contributed by atoms with Crippen molar-refractivity contribution >= 4 is 5.52 Å². The molecule has 4 nitrogen and oxygen atoms in total. The zero-order valence-electron chi connectivity index (χ0n) is 6.52. The Morgan fingerprint density at radius 2 is 2.42 bits per heavy atom. The molecule has 0 atom stereocenters. The van der Waals surface area contributed by atoms with Crippen LogP contribution in [0, 0.1) is 18.3 Å². The molecule has 2 heterocycles. The summed E-state index contributed by atoms with van der Waals surface area (Å²) in [6.45, 7) is 1.91. The van der Waals surface area contributed by atoms with Crippen LogP contribution >= 0.6 is 0 Å². The average Bonchev–Trinajstić information content (AvgIpc) is 2.48. The Balaban J connectivity index is 2.96. The van der Waals surface area contributed by atoms with Crippen LogP contribution in [0.2, 0.25) is 0 Å². The Morgan fingerprint density at radius 3 is 3.17 bits per heavy atom. The van der Waals surface area contributed by atoms with E-state index in [1.165, 1.54) is 0 Å². The maximum Gasteiger partial charge on any atom is 0.166 e. The van der Waals surface area contributed by atoms with Crippen LogP contribution in [0.1, 0.15) is 11.3 Å². The highest BCUT2D eigenvalue weighted by Crippen LogP contribution is 2.10. The van der Waals surface area contributed by atoms with Gasteiger partial charge in [-0.25, -0.2) is 9.50 Å². The van der Waals surface area contributed by atoms with Crippen molar-refractivity contribution in [3.63, 3.8) is 0 Å². The summed E-state index contributed by atoms with van der Waals surface area (Å²) in [5.74, 6) is 0. The van der Waals surface area contributed by atoms with Gasteiger partial charge < -0.3 is 0 Å². The van der Waals surface area contributed by atoms with Gasteiger partial charge in [0.25, 0.3) is 0 Å². The molecule has 0 aliphatic rings. The monoisotopic (exact) mass is 158 g/mol. The molecule has 0 radical (unpaired) electrons. The van der Waals surface area contributed by atoms with Gasteiger partial charge in [0.05, 0.1) is 6.20 Å². The summed E-state index contributed by atoms with van der Waals surface area (Å²) in [4.78, 5) is 3.94. The Bertz CT molecular complexity index is 463. The number of hydrogen-bond donors (Lipinski definition) is 0. The van der Waals surface area contributed by atoms with Gasteiger partial charge in [0.2, 0.25) is 0 Å². The molecule has 2 aromatic rings. The van der Waals surface area contributed by atoms with Crippen LogP contribution in [-0.4, -0.2) is 14.6 Å². The van der Waals surface area contributed by atoms with E-state index in [1.54, 1.807) is 23.1 Å². The van der Waals surface area contributed by atoms with Gasteiger partial charge in [-0.3, -0.25) is 0 Å². The first-order valence-corrected chi connectivity index (χ1v) is 3.52. The second-order valence-corrected chi connectivity index (χ2v) is 2.51.